The molecule has 2 rings (SSSR count). The second kappa shape index (κ2) is 6.61. The van der Waals surface area contributed by atoms with Crippen molar-refractivity contribution in [3.8, 4) is 11.5 Å². The normalized spacial score (nSPS) is 11.8. The molecule has 0 spiro atoms. The highest BCUT2D eigenvalue weighted by Gasteiger charge is 2.13. The highest BCUT2D eigenvalue weighted by Crippen LogP contribution is 2.32. The standard InChI is InChI=1S/C15H17BrN2O2/c1-10(18-13-5-4-8-17-15(13)16)12-7-6-11(19-2)9-14(12)20-3/h4-10,18H,1-3H3. The van der Waals surface area contributed by atoms with Crippen LogP contribution in [0, 0.1) is 0 Å². The average molecular weight is 337 g/mol. The Kier molecular flexibility index (Phi) is 4.84. The van der Waals surface area contributed by atoms with Gasteiger partial charge in [-0.1, -0.05) is 0 Å². The van der Waals surface area contributed by atoms with Crippen LogP contribution < -0.4 is 14.8 Å². The molecule has 4 nitrogen and oxygen atoms in total. The van der Waals surface area contributed by atoms with E-state index in [-0.39, 0.29) is 6.04 Å². The lowest BCUT2D eigenvalue weighted by Crippen LogP contribution is -2.09. The number of rotatable bonds is 5. The lowest BCUT2D eigenvalue weighted by atomic mass is 10.1. The van der Waals surface area contributed by atoms with Crippen LogP contribution in [0.1, 0.15) is 18.5 Å². The zero-order valence-corrected chi connectivity index (χ0v) is 13.3. The summed E-state index contributed by atoms with van der Waals surface area (Å²) in [4.78, 5) is 4.20. The third kappa shape index (κ3) is 3.22. The topological polar surface area (TPSA) is 43.4 Å². The number of halogens is 1. The van der Waals surface area contributed by atoms with E-state index in [9.17, 15) is 0 Å². The predicted molar refractivity (Wildman–Crippen MR) is 83.5 cm³/mol. The Morgan fingerprint density at radius 3 is 2.65 bits per heavy atom. The van der Waals surface area contributed by atoms with Crippen LogP contribution in [0.4, 0.5) is 5.69 Å². The molecule has 0 aliphatic rings. The first-order chi connectivity index (χ1) is 9.65. The summed E-state index contributed by atoms with van der Waals surface area (Å²) in [5, 5.41) is 3.41. The minimum absolute atomic E-state index is 0.0800. The van der Waals surface area contributed by atoms with Gasteiger partial charge in [0.2, 0.25) is 0 Å². The van der Waals surface area contributed by atoms with Crippen LogP contribution in [0.15, 0.2) is 41.1 Å². The van der Waals surface area contributed by atoms with Crippen molar-refractivity contribution in [3.63, 3.8) is 0 Å². The summed E-state index contributed by atoms with van der Waals surface area (Å²) in [5.41, 5.74) is 2.00. The third-order valence-electron chi connectivity index (χ3n) is 3.04. The van der Waals surface area contributed by atoms with Crippen LogP contribution >= 0.6 is 15.9 Å². The van der Waals surface area contributed by atoms with Crippen molar-refractivity contribution in [1.82, 2.24) is 4.98 Å². The van der Waals surface area contributed by atoms with Crippen LogP contribution in [0.2, 0.25) is 0 Å². The molecule has 1 aromatic heterocycles. The lowest BCUT2D eigenvalue weighted by molar-refractivity contribution is 0.390. The van der Waals surface area contributed by atoms with E-state index < -0.39 is 0 Å². The molecule has 5 heteroatoms. The Morgan fingerprint density at radius 2 is 2.00 bits per heavy atom. The van der Waals surface area contributed by atoms with E-state index in [2.05, 4.69) is 33.2 Å². The highest BCUT2D eigenvalue weighted by molar-refractivity contribution is 9.10. The zero-order chi connectivity index (χ0) is 14.5. The maximum Gasteiger partial charge on any atom is 0.129 e. The van der Waals surface area contributed by atoms with Crippen molar-refractivity contribution < 1.29 is 9.47 Å². The quantitative estimate of drug-likeness (QED) is 0.837. The van der Waals surface area contributed by atoms with Crippen molar-refractivity contribution in [2.24, 2.45) is 0 Å². The highest BCUT2D eigenvalue weighted by atomic mass is 79.9. The van der Waals surface area contributed by atoms with Crippen molar-refractivity contribution in [2.75, 3.05) is 19.5 Å². The maximum atomic E-state index is 5.43. The van der Waals surface area contributed by atoms with Crippen molar-refractivity contribution in [3.05, 3.63) is 46.7 Å². The number of methoxy groups -OCH3 is 2. The number of hydrogen-bond donors (Lipinski definition) is 1. The van der Waals surface area contributed by atoms with Gasteiger partial charge in [0.15, 0.2) is 0 Å². The summed E-state index contributed by atoms with van der Waals surface area (Å²) < 4.78 is 11.4. The average Bonchev–Trinajstić information content (AvgIpc) is 2.48. The van der Waals surface area contributed by atoms with Crippen LogP contribution in [-0.2, 0) is 0 Å². The molecule has 0 saturated carbocycles. The Morgan fingerprint density at radius 1 is 1.20 bits per heavy atom. The van der Waals surface area contributed by atoms with Gasteiger partial charge in [0.1, 0.15) is 16.1 Å². The van der Waals surface area contributed by atoms with Gasteiger partial charge < -0.3 is 14.8 Å². The molecule has 0 fully saturated rings. The molecule has 0 aliphatic carbocycles. The number of hydrogen-bond acceptors (Lipinski definition) is 4. The second-order valence-corrected chi connectivity index (χ2v) is 5.07. The van der Waals surface area contributed by atoms with Crippen LogP contribution in [0.5, 0.6) is 11.5 Å². The van der Waals surface area contributed by atoms with E-state index >= 15 is 0 Å². The molecule has 0 bridgehead atoms. The molecule has 1 unspecified atom stereocenters. The minimum Gasteiger partial charge on any atom is -0.497 e. The van der Waals surface area contributed by atoms with Gasteiger partial charge in [0.25, 0.3) is 0 Å². The SMILES string of the molecule is COc1ccc(C(C)Nc2cccnc2Br)c(OC)c1. The molecule has 0 radical (unpaired) electrons. The molecule has 0 saturated heterocycles. The summed E-state index contributed by atoms with van der Waals surface area (Å²) in [6.07, 6.45) is 1.74. The van der Waals surface area contributed by atoms with Gasteiger partial charge in [-0.25, -0.2) is 4.98 Å². The van der Waals surface area contributed by atoms with Crippen LogP contribution in [-0.4, -0.2) is 19.2 Å². The fourth-order valence-electron chi connectivity index (χ4n) is 1.98. The smallest absolute Gasteiger partial charge is 0.129 e. The van der Waals surface area contributed by atoms with Crippen LogP contribution in [0.25, 0.3) is 0 Å². The van der Waals surface area contributed by atoms with Crippen LogP contribution in [0.3, 0.4) is 0 Å². The molecular formula is C15H17BrN2O2. The zero-order valence-electron chi connectivity index (χ0n) is 11.7. The number of anilines is 1. The fourth-order valence-corrected chi connectivity index (χ4v) is 2.35. The first-order valence-electron chi connectivity index (χ1n) is 6.24. The number of ether oxygens (including phenoxy) is 2. The maximum absolute atomic E-state index is 5.43. The molecule has 0 aliphatic heterocycles. The van der Waals surface area contributed by atoms with Crippen molar-refractivity contribution in [1.29, 1.82) is 0 Å². The van der Waals surface area contributed by atoms with Gasteiger partial charge in [-0.2, -0.15) is 0 Å². The summed E-state index contributed by atoms with van der Waals surface area (Å²) in [6.45, 7) is 2.07. The lowest BCUT2D eigenvalue weighted by Gasteiger charge is -2.19. The molecule has 2 aromatic rings. The summed E-state index contributed by atoms with van der Waals surface area (Å²) >= 11 is 3.43. The van der Waals surface area contributed by atoms with Gasteiger partial charge in [0.05, 0.1) is 25.9 Å². The molecule has 106 valence electrons. The Bertz CT molecular complexity index is 590. The Labute approximate surface area is 127 Å². The molecule has 0 amide bonds. The molecular weight excluding hydrogens is 320 g/mol. The molecule has 20 heavy (non-hydrogen) atoms. The van der Waals surface area contributed by atoms with Gasteiger partial charge in [-0.05, 0) is 47.1 Å². The van der Waals surface area contributed by atoms with E-state index in [1.807, 2.05) is 30.3 Å². The molecule has 1 heterocycles. The van der Waals surface area contributed by atoms with Gasteiger partial charge >= 0.3 is 0 Å². The largest absolute Gasteiger partial charge is 0.497 e. The molecule has 1 aromatic carbocycles. The van der Waals surface area contributed by atoms with Gasteiger partial charge in [0, 0.05) is 17.8 Å². The molecule has 1 N–H and O–H groups in total. The van der Waals surface area contributed by atoms with Gasteiger partial charge in [-0.3, -0.25) is 0 Å². The van der Waals surface area contributed by atoms with E-state index in [4.69, 9.17) is 9.47 Å². The monoisotopic (exact) mass is 336 g/mol. The summed E-state index contributed by atoms with van der Waals surface area (Å²) in [6, 6.07) is 9.75. The van der Waals surface area contributed by atoms with Crippen molar-refractivity contribution in [2.45, 2.75) is 13.0 Å². The number of pyridine rings is 1. The minimum atomic E-state index is 0.0800. The number of benzene rings is 1. The van der Waals surface area contributed by atoms with Crippen molar-refractivity contribution >= 4 is 21.6 Å². The second-order valence-electron chi connectivity index (χ2n) is 4.32. The number of nitrogens with zero attached hydrogens (tertiary/aromatic N) is 1. The van der Waals surface area contributed by atoms with E-state index in [0.29, 0.717) is 0 Å². The van der Waals surface area contributed by atoms with E-state index in [1.165, 1.54) is 0 Å². The van der Waals surface area contributed by atoms with Gasteiger partial charge in [-0.15, -0.1) is 0 Å². The Balaban J connectivity index is 2.25. The molecule has 1 atom stereocenters. The summed E-state index contributed by atoms with van der Waals surface area (Å²) in [7, 11) is 3.30. The number of nitrogens with one attached hydrogen (secondary N) is 1. The third-order valence-corrected chi connectivity index (χ3v) is 3.67. The van der Waals surface area contributed by atoms with E-state index in [1.54, 1.807) is 20.4 Å². The first kappa shape index (κ1) is 14.7. The summed E-state index contributed by atoms with van der Waals surface area (Å²) in [5.74, 6) is 1.57. The first-order valence-corrected chi connectivity index (χ1v) is 7.04. The van der Waals surface area contributed by atoms with E-state index in [0.717, 1.165) is 27.4 Å². The Hall–Kier alpha value is -1.75. The number of aromatic nitrogens is 1. The fraction of sp³-hybridized carbons (Fsp3) is 0.267. The predicted octanol–water partition coefficient (Wildman–Crippen LogP) is 4.03.